The standard InChI is InChI=1S/C15H20FN3/c1-10-13(16)6-11(8-17)7-15(10)19-14-5-3-2-4-12(14)9-18/h6-7,12,14,19H,2-5,9,18H2,1H3. The summed E-state index contributed by atoms with van der Waals surface area (Å²) in [5.41, 5.74) is 7.45. The van der Waals surface area contributed by atoms with Crippen LogP contribution in [0.4, 0.5) is 10.1 Å². The fourth-order valence-electron chi connectivity index (χ4n) is 2.77. The van der Waals surface area contributed by atoms with Crippen molar-refractivity contribution in [3.63, 3.8) is 0 Å². The summed E-state index contributed by atoms with van der Waals surface area (Å²) in [7, 11) is 0. The minimum Gasteiger partial charge on any atom is -0.382 e. The number of nitriles is 1. The fraction of sp³-hybridized carbons (Fsp3) is 0.533. The van der Waals surface area contributed by atoms with Crippen molar-refractivity contribution in [3.8, 4) is 6.07 Å². The van der Waals surface area contributed by atoms with E-state index in [1.165, 1.54) is 18.9 Å². The fourth-order valence-corrected chi connectivity index (χ4v) is 2.77. The van der Waals surface area contributed by atoms with E-state index in [1.807, 2.05) is 6.07 Å². The molecule has 0 aromatic heterocycles. The van der Waals surface area contributed by atoms with Crippen LogP contribution < -0.4 is 11.1 Å². The number of nitrogens with zero attached hydrogens (tertiary/aromatic N) is 1. The lowest BCUT2D eigenvalue weighted by Gasteiger charge is -2.32. The van der Waals surface area contributed by atoms with Crippen molar-refractivity contribution in [1.82, 2.24) is 0 Å². The molecule has 3 N–H and O–H groups in total. The summed E-state index contributed by atoms with van der Waals surface area (Å²) in [5.74, 6) is 0.101. The predicted molar refractivity (Wildman–Crippen MR) is 74.3 cm³/mol. The van der Waals surface area contributed by atoms with Crippen molar-refractivity contribution in [2.75, 3.05) is 11.9 Å². The molecule has 0 radical (unpaired) electrons. The summed E-state index contributed by atoms with van der Waals surface area (Å²) in [6, 6.07) is 5.28. The summed E-state index contributed by atoms with van der Waals surface area (Å²) in [6.45, 7) is 2.39. The van der Waals surface area contributed by atoms with Gasteiger partial charge in [0.1, 0.15) is 5.82 Å². The second-order valence-corrected chi connectivity index (χ2v) is 5.27. The number of anilines is 1. The first-order valence-electron chi connectivity index (χ1n) is 6.82. The number of nitrogens with one attached hydrogen (secondary N) is 1. The highest BCUT2D eigenvalue weighted by Crippen LogP contribution is 2.29. The van der Waals surface area contributed by atoms with Crippen LogP contribution in [0.1, 0.15) is 36.8 Å². The summed E-state index contributed by atoms with van der Waals surface area (Å²) in [6.07, 6.45) is 4.56. The van der Waals surface area contributed by atoms with Gasteiger partial charge in [-0.3, -0.25) is 0 Å². The SMILES string of the molecule is Cc1c(F)cc(C#N)cc1NC1CCCCC1CN. The van der Waals surface area contributed by atoms with E-state index in [1.54, 1.807) is 13.0 Å². The first kappa shape index (κ1) is 13.8. The number of hydrogen-bond acceptors (Lipinski definition) is 3. The Morgan fingerprint density at radius 1 is 1.42 bits per heavy atom. The van der Waals surface area contributed by atoms with E-state index in [9.17, 15) is 4.39 Å². The zero-order valence-electron chi connectivity index (χ0n) is 11.2. The number of nitrogens with two attached hydrogens (primary N) is 1. The quantitative estimate of drug-likeness (QED) is 0.879. The summed E-state index contributed by atoms with van der Waals surface area (Å²) >= 11 is 0. The van der Waals surface area contributed by atoms with Gasteiger partial charge in [0.05, 0.1) is 11.6 Å². The molecule has 2 rings (SSSR count). The first-order chi connectivity index (χ1) is 9.15. The molecule has 19 heavy (non-hydrogen) atoms. The van der Waals surface area contributed by atoms with Crippen molar-refractivity contribution in [2.45, 2.75) is 38.6 Å². The van der Waals surface area contributed by atoms with Gasteiger partial charge in [-0.2, -0.15) is 5.26 Å². The Morgan fingerprint density at radius 2 is 2.16 bits per heavy atom. The van der Waals surface area contributed by atoms with Crippen LogP contribution in [0.2, 0.25) is 0 Å². The van der Waals surface area contributed by atoms with Crippen LogP contribution in [-0.4, -0.2) is 12.6 Å². The van der Waals surface area contributed by atoms with Crippen LogP contribution in [0, 0.1) is 30.0 Å². The number of rotatable bonds is 3. The highest BCUT2D eigenvalue weighted by molar-refractivity contribution is 5.56. The molecule has 0 aliphatic heterocycles. The molecular formula is C15H20FN3. The molecule has 2 unspecified atom stereocenters. The first-order valence-corrected chi connectivity index (χ1v) is 6.82. The van der Waals surface area contributed by atoms with E-state index in [0.717, 1.165) is 18.5 Å². The van der Waals surface area contributed by atoms with Crippen LogP contribution in [0.5, 0.6) is 0 Å². The molecule has 0 bridgehead atoms. The monoisotopic (exact) mass is 261 g/mol. The Labute approximate surface area is 113 Å². The lowest BCUT2D eigenvalue weighted by atomic mass is 9.84. The highest BCUT2D eigenvalue weighted by Gasteiger charge is 2.24. The number of benzene rings is 1. The Bertz CT molecular complexity index is 493. The topological polar surface area (TPSA) is 61.8 Å². The van der Waals surface area contributed by atoms with Crippen LogP contribution in [0.3, 0.4) is 0 Å². The number of hydrogen-bond donors (Lipinski definition) is 2. The predicted octanol–water partition coefficient (Wildman–Crippen LogP) is 2.94. The number of halogens is 1. The van der Waals surface area contributed by atoms with Crippen molar-refractivity contribution in [3.05, 3.63) is 29.1 Å². The molecule has 3 nitrogen and oxygen atoms in total. The van der Waals surface area contributed by atoms with E-state index in [0.29, 0.717) is 23.6 Å². The second-order valence-electron chi connectivity index (χ2n) is 5.27. The van der Waals surface area contributed by atoms with Gasteiger partial charge in [0, 0.05) is 17.3 Å². The zero-order valence-corrected chi connectivity index (χ0v) is 11.2. The van der Waals surface area contributed by atoms with Gasteiger partial charge in [0.25, 0.3) is 0 Å². The normalized spacial score (nSPS) is 22.8. The van der Waals surface area contributed by atoms with Crippen molar-refractivity contribution >= 4 is 5.69 Å². The molecule has 0 amide bonds. The maximum atomic E-state index is 13.7. The highest BCUT2D eigenvalue weighted by atomic mass is 19.1. The molecule has 0 heterocycles. The van der Waals surface area contributed by atoms with Gasteiger partial charge in [0.15, 0.2) is 0 Å². The summed E-state index contributed by atoms with van der Waals surface area (Å²) in [5, 5.41) is 12.3. The van der Waals surface area contributed by atoms with Crippen LogP contribution >= 0.6 is 0 Å². The third-order valence-electron chi connectivity index (χ3n) is 4.03. The molecule has 1 saturated carbocycles. The molecular weight excluding hydrogens is 241 g/mol. The van der Waals surface area contributed by atoms with Gasteiger partial charge in [-0.25, -0.2) is 4.39 Å². The Hall–Kier alpha value is -1.60. The van der Waals surface area contributed by atoms with Crippen LogP contribution in [0.15, 0.2) is 12.1 Å². The minimum atomic E-state index is -0.332. The van der Waals surface area contributed by atoms with Crippen LogP contribution in [0.25, 0.3) is 0 Å². The maximum Gasteiger partial charge on any atom is 0.129 e. The third kappa shape index (κ3) is 3.05. The van der Waals surface area contributed by atoms with Gasteiger partial charge < -0.3 is 11.1 Å². The smallest absolute Gasteiger partial charge is 0.129 e. The summed E-state index contributed by atoms with van der Waals surface area (Å²) in [4.78, 5) is 0. The largest absolute Gasteiger partial charge is 0.382 e. The van der Waals surface area contributed by atoms with Gasteiger partial charge in [-0.1, -0.05) is 12.8 Å². The molecule has 1 fully saturated rings. The molecule has 1 aromatic rings. The molecule has 2 atom stereocenters. The molecule has 102 valence electrons. The lowest BCUT2D eigenvalue weighted by Crippen LogP contribution is -2.37. The third-order valence-corrected chi connectivity index (χ3v) is 4.03. The van der Waals surface area contributed by atoms with Gasteiger partial charge in [-0.15, -0.1) is 0 Å². The van der Waals surface area contributed by atoms with E-state index >= 15 is 0 Å². The second kappa shape index (κ2) is 6.03. The van der Waals surface area contributed by atoms with Crippen molar-refractivity contribution in [1.29, 1.82) is 5.26 Å². The van der Waals surface area contributed by atoms with Gasteiger partial charge in [-0.05, 0) is 44.4 Å². The van der Waals surface area contributed by atoms with Crippen LogP contribution in [-0.2, 0) is 0 Å². The Kier molecular flexibility index (Phi) is 4.39. The molecule has 4 heteroatoms. The average Bonchev–Trinajstić information content (AvgIpc) is 2.44. The van der Waals surface area contributed by atoms with E-state index in [2.05, 4.69) is 5.32 Å². The van der Waals surface area contributed by atoms with Gasteiger partial charge in [0.2, 0.25) is 0 Å². The Morgan fingerprint density at radius 3 is 2.84 bits per heavy atom. The maximum absolute atomic E-state index is 13.7. The average molecular weight is 261 g/mol. The molecule has 1 aliphatic rings. The summed E-state index contributed by atoms with van der Waals surface area (Å²) < 4.78 is 13.7. The molecule has 0 saturated heterocycles. The molecule has 1 aliphatic carbocycles. The van der Waals surface area contributed by atoms with E-state index < -0.39 is 0 Å². The Balaban J connectivity index is 2.22. The van der Waals surface area contributed by atoms with Crippen molar-refractivity contribution < 1.29 is 4.39 Å². The minimum absolute atomic E-state index is 0.283. The molecule has 0 spiro atoms. The van der Waals surface area contributed by atoms with E-state index in [4.69, 9.17) is 11.0 Å². The zero-order chi connectivity index (χ0) is 13.8. The molecule has 1 aromatic carbocycles. The van der Waals surface area contributed by atoms with Gasteiger partial charge >= 0.3 is 0 Å². The lowest BCUT2D eigenvalue weighted by molar-refractivity contribution is 0.332. The van der Waals surface area contributed by atoms with E-state index in [-0.39, 0.29) is 11.9 Å². The van der Waals surface area contributed by atoms with Crippen molar-refractivity contribution in [2.24, 2.45) is 11.7 Å².